The fourth-order valence-electron chi connectivity index (χ4n) is 3.66. The van der Waals surface area contributed by atoms with Crippen LogP contribution in [0.3, 0.4) is 0 Å². The number of rotatable bonds is 2. The first kappa shape index (κ1) is 12.8. The summed E-state index contributed by atoms with van der Waals surface area (Å²) in [5.74, 6) is 0.0343. The number of hydrogen-bond donors (Lipinski definition) is 2. The Bertz CT molecular complexity index is 673. The zero-order chi connectivity index (χ0) is 14.2. The average molecular weight is 281 g/mol. The molecule has 2 unspecified atom stereocenters. The van der Waals surface area contributed by atoms with E-state index in [0.29, 0.717) is 18.1 Å². The number of aromatic nitrogens is 1. The topological polar surface area (TPSA) is 54.0 Å². The van der Waals surface area contributed by atoms with Crippen LogP contribution in [0.2, 0.25) is 0 Å². The molecule has 0 saturated carbocycles. The maximum atomic E-state index is 12.4. The lowest BCUT2D eigenvalue weighted by atomic mass is 9.99. The number of hydrogen-bond acceptors (Lipinski definition) is 3. The van der Waals surface area contributed by atoms with Crippen LogP contribution in [0.25, 0.3) is 10.9 Å². The molecule has 1 aromatic carbocycles. The maximum absolute atomic E-state index is 12.4. The molecule has 108 valence electrons. The van der Waals surface area contributed by atoms with E-state index < -0.39 is 0 Å². The molecule has 2 aliphatic rings. The second kappa shape index (κ2) is 5.11. The molecule has 2 aromatic rings. The lowest BCUT2D eigenvalue weighted by Crippen LogP contribution is -2.48. The summed E-state index contributed by atoms with van der Waals surface area (Å²) in [7, 11) is 0. The van der Waals surface area contributed by atoms with Gasteiger partial charge in [0.25, 0.3) is 5.91 Å². The fourth-order valence-corrected chi connectivity index (χ4v) is 3.66. The first-order valence-corrected chi connectivity index (χ1v) is 7.69. The van der Waals surface area contributed by atoms with Gasteiger partial charge in [0, 0.05) is 35.3 Å². The molecule has 0 spiro atoms. The molecule has 4 nitrogen and oxygen atoms in total. The van der Waals surface area contributed by atoms with E-state index in [1.807, 2.05) is 30.3 Å². The highest BCUT2D eigenvalue weighted by molar-refractivity contribution is 5.98. The number of nitrogens with one attached hydrogen (secondary N) is 2. The van der Waals surface area contributed by atoms with E-state index in [2.05, 4.69) is 15.6 Å². The van der Waals surface area contributed by atoms with Crippen molar-refractivity contribution >= 4 is 16.8 Å². The normalized spacial score (nSPS) is 27.7. The second-order valence-electron chi connectivity index (χ2n) is 6.19. The number of carbonyl (C=O) groups excluding carboxylic acids is 1. The van der Waals surface area contributed by atoms with Crippen LogP contribution in [-0.4, -0.2) is 29.0 Å². The van der Waals surface area contributed by atoms with Gasteiger partial charge in [-0.05, 0) is 49.9 Å². The minimum absolute atomic E-state index is 0.0343. The maximum Gasteiger partial charge on any atom is 0.251 e. The van der Waals surface area contributed by atoms with Crippen LogP contribution in [0.4, 0.5) is 0 Å². The Labute approximate surface area is 124 Å². The van der Waals surface area contributed by atoms with Crippen molar-refractivity contribution in [2.75, 3.05) is 0 Å². The van der Waals surface area contributed by atoms with Gasteiger partial charge in [-0.15, -0.1) is 0 Å². The largest absolute Gasteiger partial charge is 0.349 e. The van der Waals surface area contributed by atoms with Gasteiger partial charge in [0.2, 0.25) is 0 Å². The molecule has 2 bridgehead atoms. The van der Waals surface area contributed by atoms with Crippen molar-refractivity contribution in [2.24, 2.45) is 0 Å². The molecule has 2 N–H and O–H groups in total. The number of amides is 1. The minimum atomic E-state index is 0.0343. The lowest BCUT2D eigenvalue weighted by Gasteiger charge is -2.29. The van der Waals surface area contributed by atoms with Gasteiger partial charge in [-0.25, -0.2) is 0 Å². The highest BCUT2D eigenvalue weighted by Gasteiger charge is 2.34. The third-order valence-electron chi connectivity index (χ3n) is 4.67. The number of fused-ring (bicyclic) bond motifs is 3. The number of piperidine rings is 1. The zero-order valence-corrected chi connectivity index (χ0v) is 11.9. The van der Waals surface area contributed by atoms with Crippen LogP contribution in [0.1, 0.15) is 36.0 Å². The van der Waals surface area contributed by atoms with Gasteiger partial charge in [0.15, 0.2) is 0 Å². The van der Waals surface area contributed by atoms with E-state index in [0.717, 1.165) is 29.3 Å². The minimum Gasteiger partial charge on any atom is -0.349 e. The Kier molecular flexibility index (Phi) is 3.11. The number of pyridine rings is 1. The van der Waals surface area contributed by atoms with Gasteiger partial charge < -0.3 is 10.6 Å². The van der Waals surface area contributed by atoms with E-state index in [9.17, 15) is 4.79 Å². The van der Waals surface area contributed by atoms with Crippen LogP contribution in [0.5, 0.6) is 0 Å². The molecule has 1 amide bonds. The summed E-state index contributed by atoms with van der Waals surface area (Å²) in [6.45, 7) is 0. The second-order valence-corrected chi connectivity index (χ2v) is 6.19. The monoisotopic (exact) mass is 281 g/mol. The predicted octanol–water partition coefficient (Wildman–Crippen LogP) is 2.25. The van der Waals surface area contributed by atoms with Crippen LogP contribution in [0.15, 0.2) is 36.5 Å². The Morgan fingerprint density at radius 1 is 1.19 bits per heavy atom. The molecule has 0 radical (unpaired) electrons. The van der Waals surface area contributed by atoms with Crippen molar-refractivity contribution in [2.45, 2.75) is 43.8 Å². The molecule has 21 heavy (non-hydrogen) atoms. The summed E-state index contributed by atoms with van der Waals surface area (Å²) in [5.41, 5.74) is 1.65. The van der Waals surface area contributed by atoms with Crippen LogP contribution >= 0.6 is 0 Å². The number of benzene rings is 1. The molecule has 4 heteroatoms. The Morgan fingerprint density at radius 3 is 2.81 bits per heavy atom. The summed E-state index contributed by atoms with van der Waals surface area (Å²) in [5, 5.41) is 7.81. The molecule has 4 rings (SSSR count). The van der Waals surface area contributed by atoms with Gasteiger partial charge in [0.05, 0.1) is 5.52 Å². The van der Waals surface area contributed by atoms with Crippen LogP contribution in [-0.2, 0) is 0 Å². The van der Waals surface area contributed by atoms with Gasteiger partial charge in [0.1, 0.15) is 0 Å². The van der Waals surface area contributed by atoms with Gasteiger partial charge in [-0.3, -0.25) is 9.78 Å². The lowest BCUT2D eigenvalue weighted by molar-refractivity contribution is 0.0924. The van der Waals surface area contributed by atoms with E-state index in [1.165, 1.54) is 12.8 Å². The van der Waals surface area contributed by atoms with Crippen molar-refractivity contribution in [3.8, 4) is 0 Å². The first-order chi connectivity index (χ1) is 10.3. The third kappa shape index (κ3) is 2.51. The van der Waals surface area contributed by atoms with Crippen molar-refractivity contribution in [3.05, 3.63) is 42.1 Å². The first-order valence-electron chi connectivity index (χ1n) is 7.69. The van der Waals surface area contributed by atoms with E-state index in [-0.39, 0.29) is 5.91 Å². The molecule has 2 atom stereocenters. The Morgan fingerprint density at radius 2 is 2.00 bits per heavy atom. The molecule has 2 saturated heterocycles. The van der Waals surface area contributed by atoms with Crippen molar-refractivity contribution in [1.29, 1.82) is 0 Å². The molecule has 3 heterocycles. The van der Waals surface area contributed by atoms with Gasteiger partial charge in [-0.1, -0.05) is 6.07 Å². The fraction of sp³-hybridized carbons (Fsp3) is 0.412. The SMILES string of the molecule is O=C(NC1CC2CCC(C1)N2)c1ccc2ncccc2c1. The molecule has 1 aromatic heterocycles. The molecule has 0 aliphatic carbocycles. The van der Waals surface area contributed by atoms with E-state index in [4.69, 9.17) is 0 Å². The van der Waals surface area contributed by atoms with Crippen molar-refractivity contribution < 1.29 is 4.79 Å². The highest BCUT2D eigenvalue weighted by Crippen LogP contribution is 2.27. The molecule has 2 fully saturated rings. The third-order valence-corrected chi connectivity index (χ3v) is 4.67. The Hall–Kier alpha value is -1.94. The molecular formula is C17H19N3O. The highest BCUT2D eigenvalue weighted by atomic mass is 16.1. The molecule has 2 aliphatic heterocycles. The standard InChI is InChI=1S/C17H19N3O/c21-17(20-15-9-13-4-5-14(10-15)19-13)12-3-6-16-11(8-12)2-1-7-18-16/h1-3,6-8,13-15,19H,4-5,9-10H2,(H,20,21). The summed E-state index contributed by atoms with van der Waals surface area (Å²) < 4.78 is 0. The van der Waals surface area contributed by atoms with Gasteiger partial charge >= 0.3 is 0 Å². The van der Waals surface area contributed by atoms with E-state index >= 15 is 0 Å². The van der Waals surface area contributed by atoms with Gasteiger partial charge in [-0.2, -0.15) is 0 Å². The predicted molar refractivity (Wildman–Crippen MR) is 82.2 cm³/mol. The quantitative estimate of drug-likeness (QED) is 0.887. The Balaban J connectivity index is 1.50. The van der Waals surface area contributed by atoms with Crippen molar-refractivity contribution in [1.82, 2.24) is 15.6 Å². The number of nitrogens with zero attached hydrogens (tertiary/aromatic N) is 1. The smallest absolute Gasteiger partial charge is 0.251 e. The van der Waals surface area contributed by atoms with E-state index in [1.54, 1.807) is 6.20 Å². The van der Waals surface area contributed by atoms with Crippen molar-refractivity contribution in [3.63, 3.8) is 0 Å². The van der Waals surface area contributed by atoms with Crippen LogP contribution < -0.4 is 10.6 Å². The summed E-state index contributed by atoms with van der Waals surface area (Å²) in [6.07, 6.45) is 6.37. The summed E-state index contributed by atoms with van der Waals surface area (Å²) in [4.78, 5) is 16.7. The molecular weight excluding hydrogens is 262 g/mol. The zero-order valence-electron chi connectivity index (χ0n) is 11.9. The number of carbonyl (C=O) groups is 1. The summed E-state index contributed by atoms with van der Waals surface area (Å²) >= 11 is 0. The average Bonchev–Trinajstić information content (AvgIpc) is 2.85. The van der Waals surface area contributed by atoms with Crippen LogP contribution in [0, 0.1) is 0 Å². The summed E-state index contributed by atoms with van der Waals surface area (Å²) in [6, 6.07) is 11.1.